The van der Waals surface area contributed by atoms with Gasteiger partial charge in [0.15, 0.2) is 0 Å². The summed E-state index contributed by atoms with van der Waals surface area (Å²) in [4.78, 5) is 26.8. The van der Waals surface area contributed by atoms with Gasteiger partial charge in [0, 0.05) is 5.41 Å². The third-order valence-corrected chi connectivity index (χ3v) is 5.92. The summed E-state index contributed by atoms with van der Waals surface area (Å²) in [7, 11) is 0. The highest BCUT2D eigenvalue weighted by atomic mass is 16.6. The maximum atomic E-state index is 13.4. The zero-order chi connectivity index (χ0) is 23.2. The minimum Gasteiger partial charge on any atom is -0.460 e. The Bertz CT molecular complexity index is 909. The van der Waals surface area contributed by atoms with Crippen molar-refractivity contribution in [3.05, 3.63) is 59.7 Å². The van der Waals surface area contributed by atoms with Crippen LogP contribution in [0, 0.1) is 11.8 Å². The molecule has 0 saturated heterocycles. The summed E-state index contributed by atoms with van der Waals surface area (Å²) >= 11 is 0. The maximum Gasteiger partial charge on any atom is 0.310 e. The summed E-state index contributed by atoms with van der Waals surface area (Å²) in [6.45, 7) is 14.9. The number of carbonyl (C=O) groups is 2. The second-order valence-electron chi connectivity index (χ2n) is 10.5. The van der Waals surface area contributed by atoms with Crippen molar-refractivity contribution in [3.8, 4) is 11.1 Å². The summed E-state index contributed by atoms with van der Waals surface area (Å²) in [6.07, 6.45) is 0. The lowest BCUT2D eigenvalue weighted by atomic mass is 9.61. The number of rotatable bonds is 4. The van der Waals surface area contributed by atoms with Crippen LogP contribution in [0.3, 0.4) is 0 Å². The molecule has 4 heteroatoms. The van der Waals surface area contributed by atoms with Crippen molar-refractivity contribution in [2.75, 3.05) is 0 Å². The summed E-state index contributed by atoms with van der Waals surface area (Å²) in [5.74, 6) is -1.85. The predicted octanol–water partition coefficient (Wildman–Crippen LogP) is 5.91. The van der Waals surface area contributed by atoms with Crippen LogP contribution < -0.4 is 0 Å². The highest BCUT2D eigenvalue weighted by Gasteiger charge is 2.56. The van der Waals surface area contributed by atoms with Crippen molar-refractivity contribution in [2.24, 2.45) is 11.8 Å². The lowest BCUT2D eigenvalue weighted by Gasteiger charge is -2.42. The van der Waals surface area contributed by atoms with Crippen molar-refractivity contribution in [1.82, 2.24) is 0 Å². The second kappa shape index (κ2) is 7.81. The summed E-state index contributed by atoms with van der Waals surface area (Å²) in [5, 5.41) is 0. The molecule has 1 aliphatic carbocycles. The summed E-state index contributed by atoms with van der Waals surface area (Å²) in [6, 6.07) is 16.1. The van der Waals surface area contributed by atoms with Crippen molar-refractivity contribution in [3.63, 3.8) is 0 Å². The fourth-order valence-electron chi connectivity index (χ4n) is 4.76. The molecular formula is C27H34O4. The molecule has 0 aromatic heterocycles. The monoisotopic (exact) mass is 422 g/mol. The molecule has 2 aromatic carbocycles. The minimum absolute atomic E-state index is 0.325. The second-order valence-corrected chi connectivity index (χ2v) is 10.5. The van der Waals surface area contributed by atoms with Gasteiger partial charge in [-0.15, -0.1) is 0 Å². The molecule has 0 heterocycles. The number of fused-ring (bicyclic) bond motifs is 3. The van der Waals surface area contributed by atoms with Gasteiger partial charge in [-0.2, -0.15) is 0 Å². The van der Waals surface area contributed by atoms with Gasteiger partial charge in [0.05, 0.1) is 11.8 Å². The van der Waals surface area contributed by atoms with E-state index in [0.717, 1.165) is 22.3 Å². The molecule has 2 unspecified atom stereocenters. The molecule has 0 fully saturated rings. The molecule has 0 bridgehead atoms. The van der Waals surface area contributed by atoms with Gasteiger partial charge in [-0.3, -0.25) is 9.59 Å². The van der Waals surface area contributed by atoms with Gasteiger partial charge in [-0.25, -0.2) is 0 Å². The Morgan fingerprint density at radius 1 is 0.677 bits per heavy atom. The molecule has 0 saturated carbocycles. The van der Waals surface area contributed by atoms with Gasteiger partial charge in [0.2, 0.25) is 0 Å². The molecule has 0 spiro atoms. The first-order chi connectivity index (χ1) is 14.3. The number of hydrogen-bond acceptors (Lipinski definition) is 4. The Hall–Kier alpha value is -2.62. The maximum absolute atomic E-state index is 13.4. The number of carbonyl (C=O) groups excluding carboxylic acids is 2. The molecular weight excluding hydrogens is 388 g/mol. The van der Waals surface area contributed by atoms with E-state index in [1.54, 1.807) is 0 Å². The van der Waals surface area contributed by atoms with Gasteiger partial charge in [-0.1, -0.05) is 62.4 Å². The molecule has 31 heavy (non-hydrogen) atoms. The van der Waals surface area contributed by atoms with Gasteiger partial charge in [0.1, 0.15) is 11.2 Å². The standard InChI is InChI=1S/C27H34O4/c1-17(23(28)30-25(3,4)5)27(18(2)24(29)31-26(6,7)8)21-15-11-9-13-19(21)20-14-10-12-16-22(20)27/h9-18H,1-8H3. The number of hydrogen-bond donors (Lipinski definition) is 0. The Morgan fingerprint density at radius 3 is 1.32 bits per heavy atom. The first-order valence-corrected chi connectivity index (χ1v) is 10.9. The first-order valence-electron chi connectivity index (χ1n) is 10.9. The molecule has 1 aliphatic rings. The molecule has 0 amide bonds. The predicted molar refractivity (Wildman–Crippen MR) is 123 cm³/mol. The zero-order valence-corrected chi connectivity index (χ0v) is 19.9. The van der Waals surface area contributed by atoms with Crippen molar-refractivity contribution >= 4 is 11.9 Å². The van der Waals surface area contributed by atoms with E-state index >= 15 is 0 Å². The van der Waals surface area contributed by atoms with E-state index in [1.807, 2.05) is 91.8 Å². The zero-order valence-electron chi connectivity index (χ0n) is 19.9. The molecule has 0 N–H and O–H groups in total. The van der Waals surface area contributed by atoms with Crippen molar-refractivity contribution in [2.45, 2.75) is 72.0 Å². The Morgan fingerprint density at radius 2 is 1.00 bits per heavy atom. The molecule has 0 aliphatic heterocycles. The number of ether oxygens (including phenoxy) is 2. The topological polar surface area (TPSA) is 52.6 Å². The molecule has 0 radical (unpaired) electrons. The SMILES string of the molecule is CC(C(=O)OC(C)(C)C)C1(C(C)C(=O)OC(C)(C)C)c2ccccc2-c2ccccc21. The normalized spacial score (nSPS) is 16.6. The first kappa shape index (κ1) is 23.1. The third kappa shape index (κ3) is 4.13. The summed E-state index contributed by atoms with van der Waals surface area (Å²) < 4.78 is 11.6. The van der Waals surface area contributed by atoms with E-state index < -0.39 is 28.5 Å². The van der Waals surface area contributed by atoms with Crippen molar-refractivity contribution < 1.29 is 19.1 Å². The van der Waals surface area contributed by atoms with Gasteiger partial charge in [0.25, 0.3) is 0 Å². The molecule has 166 valence electrons. The van der Waals surface area contributed by atoms with Crippen LogP contribution in [-0.4, -0.2) is 23.1 Å². The number of benzene rings is 2. The smallest absolute Gasteiger partial charge is 0.310 e. The van der Waals surface area contributed by atoms with Crippen LogP contribution in [0.15, 0.2) is 48.5 Å². The van der Waals surface area contributed by atoms with E-state index in [2.05, 4.69) is 12.1 Å². The van der Waals surface area contributed by atoms with E-state index in [4.69, 9.17) is 9.47 Å². The van der Waals surface area contributed by atoms with Gasteiger partial charge in [-0.05, 0) is 63.8 Å². The van der Waals surface area contributed by atoms with Crippen LogP contribution in [-0.2, 0) is 24.5 Å². The Kier molecular flexibility index (Phi) is 5.81. The van der Waals surface area contributed by atoms with Gasteiger partial charge < -0.3 is 9.47 Å². The van der Waals surface area contributed by atoms with Crippen LogP contribution >= 0.6 is 0 Å². The quantitative estimate of drug-likeness (QED) is 0.575. The lowest BCUT2D eigenvalue weighted by Crippen LogP contribution is -2.49. The van der Waals surface area contributed by atoms with E-state index in [0.29, 0.717) is 0 Å². The third-order valence-electron chi connectivity index (χ3n) is 5.92. The van der Waals surface area contributed by atoms with E-state index in [9.17, 15) is 9.59 Å². The van der Waals surface area contributed by atoms with Crippen LogP contribution in [0.1, 0.15) is 66.5 Å². The van der Waals surface area contributed by atoms with Crippen LogP contribution in [0.5, 0.6) is 0 Å². The highest BCUT2D eigenvalue weighted by molar-refractivity contribution is 5.90. The van der Waals surface area contributed by atoms with Crippen LogP contribution in [0.2, 0.25) is 0 Å². The number of esters is 2. The fourth-order valence-corrected chi connectivity index (χ4v) is 4.76. The molecule has 2 atom stereocenters. The summed E-state index contributed by atoms with van der Waals surface area (Å²) in [5.41, 5.74) is 1.88. The van der Waals surface area contributed by atoms with Crippen LogP contribution in [0.4, 0.5) is 0 Å². The molecule has 2 aromatic rings. The van der Waals surface area contributed by atoms with Crippen molar-refractivity contribution in [1.29, 1.82) is 0 Å². The van der Waals surface area contributed by atoms with E-state index in [-0.39, 0.29) is 11.9 Å². The average Bonchev–Trinajstić information content (AvgIpc) is 2.95. The van der Waals surface area contributed by atoms with Gasteiger partial charge >= 0.3 is 11.9 Å². The largest absolute Gasteiger partial charge is 0.460 e. The lowest BCUT2D eigenvalue weighted by molar-refractivity contribution is -0.167. The van der Waals surface area contributed by atoms with E-state index in [1.165, 1.54) is 0 Å². The minimum atomic E-state index is -0.891. The average molecular weight is 423 g/mol. The molecule has 4 nitrogen and oxygen atoms in total. The van der Waals surface area contributed by atoms with Crippen LogP contribution in [0.25, 0.3) is 11.1 Å². The molecule has 3 rings (SSSR count). The fraction of sp³-hybridized carbons (Fsp3) is 0.481. The Balaban J connectivity index is 2.26. The highest BCUT2D eigenvalue weighted by Crippen LogP contribution is 2.57. The Labute approximate surface area is 186 Å².